The second-order valence-electron chi connectivity index (χ2n) is 4.23. The normalized spacial score (nSPS) is 20.1. The van der Waals surface area contributed by atoms with Gasteiger partial charge in [-0.1, -0.05) is 47.8 Å². The Kier molecular flexibility index (Phi) is 4.66. The predicted molar refractivity (Wildman–Crippen MR) is 79.2 cm³/mol. The van der Waals surface area contributed by atoms with E-state index in [0.29, 0.717) is 18.9 Å². The molecule has 1 fully saturated rings. The van der Waals surface area contributed by atoms with Crippen molar-refractivity contribution in [1.82, 2.24) is 4.90 Å². The first kappa shape index (κ1) is 13.6. The molecule has 0 saturated carbocycles. The highest BCUT2D eigenvalue weighted by atomic mass is 79.9. The van der Waals surface area contributed by atoms with E-state index in [9.17, 15) is 4.79 Å². The third kappa shape index (κ3) is 3.32. The molecule has 0 bridgehead atoms. The van der Waals surface area contributed by atoms with Crippen molar-refractivity contribution >= 4 is 53.7 Å². The molecule has 1 aromatic rings. The lowest BCUT2D eigenvalue weighted by atomic mass is 10.2. The fourth-order valence-corrected chi connectivity index (χ4v) is 3.19. The molecule has 1 aliphatic heterocycles. The van der Waals surface area contributed by atoms with E-state index in [4.69, 9.17) is 0 Å². The molecular formula is C12H12Br3NO. The van der Waals surface area contributed by atoms with Gasteiger partial charge >= 0.3 is 0 Å². The average molecular weight is 426 g/mol. The van der Waals surface area contributed by atoms with Crippen molar-refractivity contribution in [3.05, 3.63) is 32.7 Å². The van der Waals surface area contributed by atoms with Gasteiger partial charge in [0.05, 0.1) is 0 Å². The summed E-state index contributed by atoms with van der Waals surface area (Å²) in [5.41, 5.74) is 1.14. The van der Waals surface area contributed by atoms with Gasteiger partial charge in [0.2, 0.25) is 5.91 Å². The van der Waals surface area contributed by atoms with E-state index in [2.05, 4.69) is 53.9 Å². The number of carbonyl (C=O) groups is 1. The van der Waals surface area contributed by atoms with Crippen molar-refractivity contribution in [2.75, 3.05) is 11.9 Å². The molecule has 0 N–H and O–H groups in total. The van der Waals surface area contributed by atoms with Crippen LogP contribution in [0.1, 0.15) is 12.0 Å². The Hall–Kier alpha value is 0.130. The highest BCUT2D eigenvalue weighted by molar-refractivity contribution is 9.11. The van der Waals surface area contributed by atoms with Crippen LogP contribution in [0, 0.1) is 5.92 Å². The molecule has 0 aliphatic carbocycles. The summed E-state index contributed by atoms with van der Waals surface area (Å²) in [6.07, 6.45) is 0.664. The summed E-state index contributed by atoms with van der Waals surface area (Å²) in [6, 6.07) is 6.04. The van der Waals surface area contributed by atoms with Crippen LogP contribution in [0.25, 0.3) is 0 Å². The van der Waals surface area contributed by atoms with E-state index in [0.717, 1.165) is 26.4 Å². The van der Waals surface area contributed by atoms with E-state index in [1.807, 2.05) is 17.0 Å². The quantitative estimate of drug-likeness (QED) is 0.671. The molecule has 1 amide bonds. The van der Waals surface area contributed by atoms with Crippen molar-refractivity contribution in [2.45, 2.75) is 13.0 Å². The molecule has 92 valence electrons. The van der Waals surface area contributed by atoms with Crippen LogP contribution in [-0.4, -0.2) is 22.7 Å². The largest absolute Gasteiger partial charge is 0.338 e. The third-order valence-electron chi connectivity index (χ3n) is 2.88. The molecule has 0 radical (unpaired) electrons. The van der Waals surface area contributed by atoms with Gasteiger partial charge < -0.3 is 4.90 Å². The van der Waals surface area contributed by atoms with Gasteiger partial charge in [0.1, 0.15) is 0 Å². The zero-order valence-corrected chi connectivity index (χ0v) is 13.9. The van der Waals surface area contributed by atoms with Crippen molar-refractivity contribution in [2.24, 2.45) is 5.92 Å². The molecule has 1 atom stereocenters. The van der Waals surface area contributed by atoms with Gasteiger partial charge in [-0.25, -0.2) is 0 Å². The van der Waals surface area contributed by atoms with Crippen LogP contribution in [0.2, 0.25) is 0 Å². The molecule has 2 nitrogen and oxygen atoms in total. The molecule has 1 heterocycles. The van der Waals surface area contributed by atoms with E-state index in [1.54, 1.807) is 0 Å². The minimum atomic E-state index is 0.251. The van der Waals surface area contributed by atoms with Crippen LogP contribution in [0.5, 0.6) is 0 Å². The maximum absolute atomic E-state index is 11.8. The Balaban J connectivity index is 2.11. The first-order valence-electron chi connectivity index (χ1n) is 5.38. The fourth-order valence-electron chi connectivity index (χ4n) is 1.98. The zero-order chi connectivity index (χ0) is 12.4. The lowest BCUT2D eigenvalue weighted by Crippen LogP contribution is -2.24. The van der Waals surface area contributed by atoms with Crippen LogP contribution in [-0.2, 0) is 11.3 Å². The van der Waals surface area contributed by atoms with Gasteiger partial charge in [0.25, 0.3) is 0 Å². The van der Waals surface area contributed by atoms with E-state index in [1.165, 1.54) is 0 Å². The Labute approximate surface area is 126 Å². The fraction of sp³-hybridized carbons (Fsp3) is 0.417. The second-order valence-corrected chi connectivity index (χ2v) is 6.65. The van der Waals surface area contributed by atoms with Gasteiger partial charge in [-0.15, -0.1) is 0 Å². The summed E-state index contributed by atoms with van der Waals surface area (Å²) in [4.78, 5) is 13.8. The zero-order valence-electron chi connectivity index (χ0n) is 9.13. The minimum absolute atomic E-state index is 0.251. The van der Waals surface area contributed by atoms with Gasteiger partial charge in [-0.05, 0) is 29.7 Å². The van der Waals surface area contributed by atoms with Gasteiger partial charge in [-0.3, -0.25) is 4.79 Å². The molecule has 1 aromatic carbocycles. The Morgan fingerprint density at radius 3 is 2.76 bits per heavy atom. The number of benzene rings is 1. The second kappa shape index (κ2) is 5.85. The monoisotopic (exact) mass is 423 g/mol. The number of carbonyl (C=O) groups excluding carboxylic acids is 1. The molecule has 0 spiro atoms. The number of nitrogens with zero attached hydrogens (tertiary/aromatic N) is 1. The summed E-state index contributed by atoms with van der Waals surface area (Å²) >= 11 is 10.4. The first-order chi connectivity index (χ1) is 8.10. The first-order valence-corrected chi connectivity index (χ1v) is 8.08. The van der Waals surface area contributed by atoms with Crippen molar-refractivity contribution < 1.29 is 4.79 Å². The van der Waals surface area contributed by atoms with E-state index >= 15 is 0 Å². The van der Waals surface area contributed by atoms with Crippen LogP contribution in [0.3, 0.4) is 0 Å². The summed E-state index contributed by atoms with van der Waals surface area (Å²) < 4.78 is 2.09. The van der Waals surface area contributed by atoms with E-state index < -0.39 is 0 Å². The van der Waals surface area contributed by atoms with Gasteiger partial charge in [0, 0.05) is 33.8 Å². The average Bonchev–Trinajstić information content (AvgIpc) is 2.65. The molecule has 2 rings (SSSR count). The number of alkyl halides is 1. The molecule has 1 aliphatic rings. The Bertz CT molecular complexity index is 436. The highest BCUT2D eigenvalue weighted by Gasteiger charge is 2.28. The topological polar surface area (TPSA) is 20.3 Å². The summed E-state index contributed by atoms with van der Waals surface area (Å²) in [5, 5.41) is 0.898. The number of hydrogen-bond donors (Lipinski definition) is 0. The van der Waals surface area contributed by atoms with Gasteiger partial charge in [0.15, 0.2) is 0 Å². The number of amides is 1. The maximum Gasteiger partial charge on any atom is 0.223 e. The molecule has 1 saturated heterocycles. The third-order valence-corrected chi connectivity index (χ3v) is 5.06. The van der Waals surface area contributed by atoms with Crippen molar-refractivity contribution in [3.63, 3.8) is 0 Å². The number of likely N-dealkylation sites (tertiary alicyclic amines) is 1. The summed E-state index contributed by atoms with van der Waals surface area (Å²) in [5.74, 6) is 0.703. The Morgan fingerprint density at radius 1 is 1.35 bits per heavy atom. The molecule has 17 heavy (non-hydrogen) atoms. The molecular weight excluding hydrogens is 414 g/mol. The lowest BCUT2D eigenvalue weighted by Gasteiger charge is -2.17. The summed E-state index contributed by atoms with van der Waals surface area (Å²) in [7, 11) is 0. The predicted octanol–water partition coefficient (Wildman–Crippen LogP) is 3.96. The highest BCUT2D eigenvalue weighted by Crippen LogP contribution is 2.26. The number of rotatable bonds is 3. The standard InChI is InChI=1S/C12H12Br3NO/c13-5-8-3-12(17)16(6-8)7-9-4-10(14)1-2-11(9)15/h1-2,4,8H,3,5-7H2. The van der Waals surface area contributed by atoms with Gasteiger partial charge in [-0.2, -0.15) is 0 Å². The number of halogens is 3. The van der Waals surface area contributed by atoms with Crippen molar-refractivity contribution in [3.8, 4) is 0 Å². The van der Waals surface area contributed by atoms with Crippen molar-refractivity contribution in [1.29, 1.82) is 0 Å². The molecule has 0 aromatic heterocycles. The minimum Gasteiger partial charge on any atom is -0.338 e. The smallest absolute Gasteiger partial charge is 0.223 e. The lowest BCUT2D eigenvalue weighted by molar-refractivity contribution is -0.128. The Morgan fingerprint density at radius 2 is 2.12 bits per heavy atom. The summed E-state index contributed by atoms with van der Waals surface area (Å²) in [6.45, 7) is 1.53. The SMILES string of the molecule is O=C1CC(CBr)CN1Cc1cc(Br)ccc1Br. The number of hydrogen-bond acceptors (Lipinski definition) is 1. The molecule has 5 heteroatoms. The maximum atomic E-state index is 11.8. The van der Waals surface area contributed by atoms with Crippen LogP contribution in [0.4, 0.5) is 0 Å². The van der Waals surface area contributed by atoms with Crippen LogP contribution in [0.15, 0.2) is 27.1 Å². The van der Waals surface area contributed by atoms with Crippen LogP contribution >= 0.6 is 47.8 Å². The molecule has 1 unspecified atom stereocenters. The van der Waals surface area contributed by atoms with E-state index in [-0.39, 0.29) is 5.91 Å². The van der Waals surface area contributed by atoms with Crippen LogP contribution < -0.4 is 0 Å².